The fourth-order valence-electron chi connectivity index (χ4n) is 4.03. The van der Waals surface area contributed by atoms with E-state index < -0.39 is 0 Å². The predicted octanol–water partition coefficient (Wildman–Crippen LogP) is 2.13. The summed E-state index contributed by atoms with van der Waals surface area (Å²) in [6.07, 6.45) is 4.98. The van der Waals surface area contributed by atoms with Gasteiger partial charge in [-0.2, -0.15) is 0 Å². The van der Waals surface area contributed by atoms with Crippen molar-refractivity contribution in [1.29, 1.82) is 0 Å². The van der Waals surface area contributed by atoms with Gasteiger partial charge in [-0.05, 0) is 63.3 Å². The first-order valence-electron chi connectivity index (χ1n) is 11.7. The molecule has 1 saturated heterocycles. The van der Waals surface area contributed by atoms with Gasteiger partial charge in [-0.3, -0.25) is 14.7 Å². The van der Waals surface area contributed by atoms with E-state index in [1.165, 1.54) is 5.56 Å². The van der Waals surface area contributed by atoms with Crippen molar-refractivity contribution in [2.75, 3.05) is 61.0 Å². The number of ether oxygens (including phenoxy) is 2. The molecule has 0 saturated carbocycles. The van der Waals surface area contributed by atoms with E-state index in [9.17, 15) is 4.79 Å². The van der Waals surface area contributed by atoms with Gasteiger partial charge in [0.15, 0.2) is 17.5 Å². The van der Waals surface area contributed by atoms with Crippen molar-refractivity contribution in [3.05, 3.63) is 23.8 Å². The Kier molecular flexibility index (Phi) is 11.1. The van der Waals surface area contributed by atoms with Crippen LogP contribution < -0.4 is 20.1 Å². The first-order chi connectivity index (χ1) is 15.5. The number of hydrogen-bond donors (Lipinski definition) is 2. The number of amides is 1. The van der Waals surface area contributed by atoms with Crippen LogP contribution in [0.2, 0.25) is 0 Å². The van der Waals surface area contributed by atoms with E-state index in [1.54, 1.807) is 19.1 Å². The molecule has 1 amide bonds. The van der Waals surface area contributed by atoms with Gasteiger partial charge in [-0.25, -0.2) is 0 Å². The highest BCUT2D eigenvalue weighted by Crippen LogP contribution is 2.28. The summed E-state index contributed by atoms with van der Waals surface area (Å²) in [5.41, 5.74) is 1.23. The molecule has 180 valence electrons. The second-order valence-electron chi connectivity index (χ2n) is 8.23. The molecule has 1 unspecified atom stereocenters. The van der Waals surface area contributed by atoms with Crippen LogP contribution in [0.5, 0.6) is 11.5 Å². The molecule has 1 atom stereocenters. The molecule has 0 bridgehead atoms. The van der Waals surface area contributed by atoms with Crippen molar-refractivity contribution in [3.63, 3.8) is 0 Å². The van der Waals surface area contributed by atoms with Crippen LogP contribution in [-0.4, -0.2) is 88.7 Å². The van der Waals surface area contributed by atoms with Gasteiger partial charge in [-0.1, -0.05) is 6.07 Å². The largest absolute Gasteiger partial charge is 0.493 e. The second-order valence-corrected chi connectivity index (χ2v) is 8.23. The van der Waals surface area contributed by atoms with E-state index in [-0.39, 0.29) is 11.9 Å². The number of aryl methyl sites for hydroxylation is 1. The average Bonchev–Trinajstić information content (AvgIpc) is 3.26. The number of hydrogen-bond acceptors (Lipinski definition) is 5. The Balaban J connectivity index is 1.66. The van der Waals surface area contributed by atoms with E-state index >= 15 is 0 Å². The van der Waals surface area contributed by atoms with Crippen LogP contribution in [0.25, 0.3) is 0 Å². The van der Waals surface area contributed by atoms with Crippen LogP contribution in [0, 0.1) is 0 Å². The van der Waals surface area contributed by atoms with Gasteiger partial charge in [0, 0.05) is 40.8 Å². The normalized spacial score (nSPS) is 16.7. The average molecular weight is 448 g/mol. The lowest BCUT2D eigenvalue weighted by Gasteiger charge is -2.26. The molecule has 0 spiro atoms. The zero-order valence-corrected chi connectivity index (χ0v) is 20.4. The van der Waals surface area contributed by atoms with Crippen molar-refractivity contribution < 1.29 is 14.3 Å². The fraction of sp³-hybridized carbons (Fsp3) is 0.667. The van der Waals surface area contributed by atoms with Gasteiger partial charge >= 0.3 is 0 Å². The number of benzene rings is 1. The number of methoxy groups -OCH3 is 1. The highest BCUT2D eigenvalue weighted by molar-refractivity contribution is 5.81. The molecule has 1 heterocycles. The number of guanidine groups is 1. The summed E-state index contributed by atoms with van der Waals surface area (Å²) < 4.78 is 11.0. The van der Waals surface area contributed by atoms with E-state index in [2.05, 4.69) is 32.7 Å². The SMILES string of the molecule is CCOc1cc(CCCNC(=NC)NCCCN2CCCC2C(=O)N(C)C)ccc1OC. The molecular formula is C24H41N5O3. The van der Waals surface area contributed by atoms with Gasteiger partial charge < -0.3 is 25.0 Å². The molecule has 1 fully saturated rings. The van der Waals surface area contributed by atoms with Gasteiger partial charge in [-0.15, -0.1) is 0 Å². The maximum atomic E-state index is 12.3. The molecule has 1 aliphatic rings. The zero-order valence-electron chi connectivity index (χ0n) is 20.4. The van der Waals surface area contributed by atoms with Crippen molar-refractivity contribution >= 4 is 11.9 Å². The third-order valence-corrected chi connectivity index (χ3v) is 5.69. The van der Waals surface area contributed by atoms with Crippen molar-refractivity contribution in [3.8, 4) is 11.5 Å². The van der Waals surface area contributed by atoms with Crippen LogP contribution in [0.4, 0.5) is 0 Å². The number of carbonyl (C=O) groups is 1. The Morgan fingerprint density at radius 1 is 1.22 bits per heavy atom. The quantitative estimate of drug-likeness (QED) is 0.290. The van der Waals surface area contributed by atoms with Gasteiger partial charge in [0.2, 0.25) is 5.91 Å². The first kappa shape index (κ1) is 25.8. The van der Waals surface area contributed by atoms with E-state index in [0.29, 0.717) is 6.61 Å². The summed E-state index contributed by atoms with van der Waals surface area (Å²) >= 11 is 0. The third-order valence-electron chi connectivity index (χ3n) is 5.69. The zero-order chi connectivity index (χ0) is 23.3. The van der Waals surface area contributed by atoms with E-state index in [4.69, 9.17) is 9.47 Å². The molecule has 32 heavy (non-hydrogen) atoms. The maximum Gasteiger partial charge on any atom is 0.239 e. The third kappa shape index (κ3) is 7.89. The number of likely N-dealkylation sites (N-methyl/N-ethyl adjacent to an activating group) is 1. The monoisotopic (exact) mass is 447 g/mol. The fourth-order valence-corrected chi connectivity index (χ4v) is 4.03. The minimum Gasteiger partial charge on any atom is -0.493 e. The number of aliphatic imine (C=N–C) groups is 1. The van der Waals surface area contributed by atoms with E-state index in [0.717, 1.165) is 75.7 Å². The van der Waals surface area contributed by atoms with Gasteiger partial charge in [0.05, 0.1) is 19.8 Å². The molecule has 0 radical (unpaired) electrons. The summed E-state index contributed by atoms with van der Waals surface area (Å²) in [6.45, 7) is 6.19. The Hall–Kier alpha value is -2.48. The molecule has 1 aromatic rings. The van der Waals surface area contributed by atoms with Crippen molar-refractivity contribution in [2.24, 2.45) is 4.99 Å². The van der Waals surface area contributed by atoms with Crippen LogP contribution in [-0.2, 0) is 11.2 Å². The lowest BCUT2D eigenvalue weighted by atomic mass is 10.1. The molecule has 8 nitrogen and oxygen atoms in total. The van der Waals surface area contributed by atoms with Crippen molar-refractivity contribution in [2.45, 2.75) is 45.1 Å². The number of nitrogens with one attached hydrogen (secondary N) is 2. The number of rotatable bonds is 12. The molecule has 2 N–H and O–H groups in total. The molecule has 1 aromatic carbocycles. The highest BCUT2D eigenvalue weighted by Gasteiger charge is 2.30. The minimum absolute atomic E-state index is 0.0450. The summed E-state index contributed by atoms with van der Waals surface area (Å²) in [4.78, 5) is 20.6. The highest BCUT2D eigenvalue weighted by atomic mass is 16.5. The molecule has 2 rings (SSSR count). The Morgan fingerprint density at radius 3 is 2.62 bits per heavy atom. The molecule has 1 aliphatic heterocycles. The molecule has 0 aromatic heterocycles. The Morgan fingerprint density at radius 2 is 1.97 bits per heavy atom. The summed E-state index contributed by atoms with van der Waals surface area (Å²) in [7, 11) is 7.12. The lowest BCUT2D eigenvalue weighted by Crippen LogP contribution is -2.44. The smallest absolute Gasteiger partial charge is 0.239 e. The summed E-state index contributed by atoms with van der Waals surface area (Å²) in [6, 6.07) is 6.15. The standard InChI is InChI=1S/C24H41N5O3/c1-6-32-22-18-19(12-13-21(22)31-5)10-7-14-26-24(25-2)27-15-9-17-29-16-8-11-20(29)23(30)28(3)4/h12-13,18,20H,6-11,14-17H2,1-5H3,(H2,25,26,27). The Bertz CT molecular complexity index is 738. The number of nitrogens with zero attached hydrogens (tertiary/aromatic N) is 3. The van der Waals surface area contributed by atoms with Gasteiger partial charge in [0.25, 0.3) is 0 Å². The number of carbonyl (C=O) groups excluding carboxylic acids is 1. The lowest BCUT2D eigenvalue weighted by molar-refractivity contribution is -0.133. The molecular weight excluding hydrogens is 406 g/mol. The minimum atomic E-state index is 0.0450. The van der Waals surface area contributed by atoms with Crippen LogP contribution in [0.15, 0.2) is 23.2 Å². The summed E-state index contributed by atoms with van der Waals surface area (Å²) in [5.74, 6) is 2.60. The molecule has 8 heteroatoms. The predicted molar refractivity (Wildman–Crippen MR) is 130 cm³/mol. The van der Waals surface area contributed by atoms with Gasteiger partial charge in [0.1, 0.15) is 0 Å². The van der Waals surface area contributed by atoms with Crippen LogP contribution >= 0.6 is 0 Å². The maximum absolute atomic E-state index is 12.3. The van der Waals surface area contributed by atoms with E-state index in [1.807, 2.05) is 27.1 Å². The first-order valence-corrected chi connectivity index (χ1v) is 11.7. The second kappa shape index (κ2) is 13.8. The summed E-state index contributed by atoms with van der Waals surface area (Å²) in [5, 5.41) is 6.76. The Labute approximate surface area is 193 Å². The number of likely N-dealkylation sites (tertiary alicyclic amines) is 1. The van der Waals surface area contributed by atoms with Crippen molar-refractivity contribution in [1.82, 2.24) is 20.4 Å². The van der Waals surface area contributed by atoms with Crippen LogP contribution in [0.3, 0.4) is 0 Å². The van der Waals surface area contributed by atoms with Crippen LogP contribution in [0.1, 0.15) is 38.2 Å². The molecule has 0 aliphatic carbocycles. The topological polar surface area (TPSA) is 78.4 Å².